The third-order valence-corrected chi connectivity index (χ3v) is 3.92. The summed E-state index contributed by atoms with van der Waals surface area (Å²) in [6.45, 7) is 2.10. The van der Waals surface area contributed by atoms with Crippen molar-refractivity contribution < 1.29 is 4.74 Å². The van der Waals surface area contributed by atoms with Crippen LogP contribution in [-0.4, -0.2) is 25.0 Å². The van der Waals surface area contributed by atoms with Crippen LogP contribution in [0.4, 0.5) is 5.69 Å². The maximum Gasteiger partial charge on any atom is 0.248 e. The first-order valence-electron chi connectivity index (χ1n) is 7.94. The summed E-state index contributed by atoms with van der Waals surface area (Å²) in [6, 6.07) is 15.4. The Morgan fingerprint density at radius 1 is 1.04 bits per heavy atom. The van der Waals surface area contributed by atoms with Crippen LogP contribution in [0.25, 0.3) is 16.9 Å². The predicted octanol–water partition coefficient (Wildman–Crippen LogP) is 3.15. The second-order valence-electron chi connectivity index (χ2n) is 5.51. The topological polar surface area (TPSA) is 91.7 Å². The van der Waals surface area contributed by atoms with Crippen LogP contribution in [0.2, 0.25) is 0 Å². The van der Waals surface area contributed by atoms with Gasteiger partial charge in [0.25, 0.3) is 0 Å². The minimum absolute atomic E-state index is 0.286. The number of nitrogens with two attached hydrogens (primary N) is 1. The molecular weight excluding hydrogens is 316 g/mol. The van der Waals surface area contributed by atoms with Crippen molar-refractivity contribution in [2.75, 3.05) is 5.73 Å². The third-order valence-electron chi connectivity index (χ3n) is 3.92. The predicted molar refractivity (Wildman–Crippen MR) is 94.8 cm³/mol. The highest BCUT2D eigenvalue weighted by Gasteiger charge is 2.15. The van der Waals surface area contributed by atoms with Gasteiger partial charge in [0, 0.05) is 0 Å². The SMILES string of the molecule is CCc1ccc(Oc2ncnc(-n3nnc4ccccc43)c2N)cc1. The van der Waals surface area contributed by atoms with Crippen molar-refractivity contribution >= 4 is 16.7 Å². The Hall–Kier alpha value is -3.48. The van der Waals surface area contributed by atoms with Crippen LogP contribution in [-0.2, 0) is 6.42 Å². The first-order valence-corrected chi connectivity index (χ1v) is 7.94. The van der Waals surface area contributed by atoms with E-state index in [1.54, 1.807) is 4.68 Å². The molecule has 0 saturated carbocycles. The van der Waals surface area contributed by atoms with E-state index in [9.17, 15) is 0 Å². The lowest BCUT2D eigenvalue weighted by molar-refractivity contribution is 0.463. The summed E-state index contributed by atoms with van der Waals surface area (Å²) in [6.07, 6.45) is 2.37. The number of aromatic nitrogens is 5. The first kappa shape index (κ1) is 15.1. The average Bonchev–Trinajstić information content (AvgIpc) is 3.08. The molecule has 2 aromatic carbocycles. The number of nitrogens with zero attached hydrogens (tertiary/aromatic N) is 5. The number of hydrogen-bond acceptors (Lipinski definition) is 6. The van der Waals surface area contributed by atoms with Crippen LogP contribution >= 0.6 is 0 Å². The van der Waals surface area contributed by atoms with Crippen molar-refractivity contribution in [1.29, 1.82) is 0 Å². The van der Waals surface area contributed by atoms with Crippen LogP contribution < -0.4 is 10.5 Å². The summed E-state index contributed by atoms with van der Waals surface area (Å²) in [4.78, 5) is 8.39. The van der Waals surface area contributed by atoms with Crippen molar-refractivity contribution in [3.8, 4) is 17.4 Å². The Labute approximate surface area is 144 Å². The highest BCUT2D eigenvalue weighted by atomic mass is 16.5. The number of fused-ring (bicyclic) bond motifs is 1. The van der Waals surface area contributed by atoms with Gasteiger partial charge in [0.05, 0.1) is 5.52 Å². The number of para-hydroxylation sites is 1. The van der Waals surface area contributed by atoms with E-state index in [1.165, 1.54) is 11.9 Å². The molecular formula is C18H16N6O. The fourth-order valence-corrected chi connectivity index (χ4v) is 2.55. The van der Waals surface area contributed by atoms with E-state index >= 15 is 0 Å². The van der Waals surface area contributed by atoms with Gasteiger partial charge < -0.3 is 10.5 Å². The normalized spacial score (nSPS) is 10.9. The molecule has 7 nitrogen and oxygen atoms in total. The average molecular weight is 332 g/mol. The molecule has 25 heavy (non-hydrogen) atoms. The molecule has 0 fully saturated rings. The lowest BCUT2D eigenvalue weighted by Crippen LogP contribution is -2.07. The number of rotatable bonds is 4. The molecule has 4 aromatic rings. The van der Waals surface area contributed by atoms with Gasteiger partial charge >= 0.3 is 0 Å². The van der Waals surface area contributed by atoms with Gasteiger partial charge in [0.1, 0.15) is 23.3 Å². The molecule has 7 heteroatoms. The third kappa shape index (κ3) is 2.76. The van der Waals surface area contributed by atoms with Crippen molar-refractivity contribution in [3.63, 3.8) is 0 Å². The molecule has 124 valence electrons. The van der Waals surface area contributed by atoms with Gasteiger partial charge in [-0.2, -0.15) is 9.67 Å². The Balaban J connectivity index is 1.72. The second-order valence-corrected chi connectivity index (χ2v) is 5.51. The molecule has 0 aliphatic carbocycles. The van der Waals surface area contributed by atoms with E-state index < -0.39 is 0 Å². The first-order chi connectivity index (χ1) is 12.3. The highest BCUT2D eigenvalue weighted by Crippen LogP contribution is 2.29. The lowest BCUT2D eigenvalue weighted by Gasteiger charge is -2.10. The maximum absolute atomic E-state index is 6.23. The molecule has 0 bridgehead atoms. The van der Waals surface area contributed by atoms with Gasteiger partial charge in [-0.1, -0.05) is 36.4 Å². The molecule has 0 saturated heterocycles. The summed E-state index contributed by atoms with van der Waals surface area (Å²) in [5, 5.41) is 8.26. The number of anilines is 1. The molecule has 0 spiro atoms. The number of benzene rings is 2. The second kappa shape index (κ2) is 6.20. The zero-order valence-electron chi connectivity index (χ0n) is 13.6. The standard InChI is InChI=1S/C18H16N6O/c1-2-12-7-9-13(10-8-12)25-18-16(19)17(20-11-21-18)24-15-6-4-3-5-14(15)22-23-24/h3-11H,2,19H2,1H3. The van der Waals surface area contributed by atoms with Crippen LogP contribution in [0, 0.1) is 0 Å². The smallest absolute Gasteiger partial charge is 0.248 e. The quantitative estimate of drug-likeness (QED) is 0.617. The van der Waals surface area contributed by atoms with Gasteiger partial charge in [-0.25, -0.2) is 4.98 Å². The summed E-state index contributed by atoms with van der Waals surface area (Å²) in [5.41, 5.74) is 9.34. The van der Waals surface area contributed by atoms with Crippen LogP contribution in [0.15, 0.2) is 54.9 Å². The summed E-state index contributed by atoms with van der Waals surface area (Å²) >= 11 is 0. The fraction of sp³-hybridized carbons (Fsp3) is 0.111. The van der Waals surface area contributed by atoms with Crippen LogP contribution in [0.5, 0.6) is 11.6 Å². The van der Waals surface area contributed by atoms with Crippen molar-refractivity contribution in [3.05, 3.63) is 60.4 Å². The van der Waals surface area contributed by atoms with Gasteiger partial charge in [-0.3, -0.25) is 0 Å². The number of ether oxygens (including phenoxy) is 1. The lowest BCUT2D eigenvalue weighted by atomic mass is 10.2. The van der Waals surface area contributed by atoms with Gasteiger partial charge in [-0.05, 0) is 36.2 Å². The Kier molecular flexibility index (Phi) is 3.74. The molecule has 2 heterocycles. The molecule has 0 radical (unpaired) electrons. The molecule has 0 atom stereocenters. The molecule has 2 N–H and O–H groups in total. The Bertz CT molecular complexity index is 1030. The number of aryl methyl sites for hydroxylation is 1. The van der Waals surface area contributed by atoms with E-state index in [0.717, 1.165) is 17.5 Å². The minimum atomic E-state index is 0.286. The molecule has 0 aliphatic rings. The monoisotopic (exact) mass is 332 g/mol. The molecule has 4 rings (SSSR count). The van der Waals surface area contributed by atoms with Crippen molar-refractivity contribution in [1.82, 2.24) is 25.0 Å². The minimum Gasteiger partial charge on any atom is -0.437 e. The van der Waals surface area contributed by atoms with Crippen LogP contribution in [0.1, 0.15) is 12.5 Å². The van der Waals surface area contributed by atoms with E-state index in [1.807, 2.05) is 48.5 Å². The van der Waals surface area contributed by atoms with E-state index in [-0.39, 0.29) is 5.88 Å². The van der Waals surface area contributed by atoms with Crippen molar-refractivity contribution in [2.24, 2.45) is 0 Å². The molecule has 0 aliphatic heterocycles. The van der Waals surface area contributed by atoms with Crippen LogP contribution in [0.3, 0.4) is 0 Å². The molecule has 0 unspecified atom stereocenters. The van der Waals surface area contributed by atoms with E-state index in [2.05, 4.69) is 27.2 Å². The molecule has 0 amide bonds. The number of hydrogen-bond donors (Lipinski definition) is 1. The zero-order chi connectivity index (χ0) is 17.2. The van der Waals surface area contributed by atoms with Crippen molar-refractivity contribution in [2.45, 2.75) is 13.3 Å². The summed E-state index contributed by atoms with van der Waals surface area (Å²) in [7, 11) is 0. The maximum atomic E-state index is 6.23. The Morgan fingerprint density at radius 3 is 2.64 bits per heavy atom. The highest BCUT2D eigenvalue weighted by molar-refractivity contribution is 5.77. The van der Waals surface area contributed by atoms with Gasteiger partial charge in [-0.15, -0.1) is 5.10 Å². The molecule has 2 aromatic heterocycles. The van der Waals surface area contributed by atoms with Gasteiger partial charge in [0.2, 0.25) is 5.88 Å². The largest absolute Gasteiger partial charge is 0.437 e. The Morgan fingerprint density at radius 2 is 1.84 bits per heavy atom. The number of nitrogen functional groups attached to an aromatic ring is 1. The van der Waals surface area contributed by atoms with E-state index in [0.29, 0.717) is 17.3 Å². The summed E-state index contributed by atoms with van der Waals surface area (Å²) < 4.78 is 7.40. The summed E-state index contributed by atoms with van der Waals surface area (Å²) in [5.74, 6) is 1.38. The fourth-order valence-electron chi connectivity index (χ4n) is 2.55. The zero-order valence-corrected chi connectivity index (χ0v) is 13.6. The van der Waals surface area contributed by atoms with Gasteiger partial charge in [0.15, 0.2) is 5.82 Å². The van der Waals surface area contributed by atoms with E-state index in [4.69, 9.17) is 10.5 Å².